The van der Waals surface area contributed by atoms with Crippen LogP contribution in [0.3, 0.4) is 0 Å². The van der Waals surface area contributed by atoms with Crippen LogP contribution in [0.4, 0.5) is 71.1 Å². The molecule has 0 saturated carbocycles. The monoisotopic (exact) mass is 1320 g/mol. The van der Waals surface area contributed by atoms with Gasteiger partial charge in [0.25, 0.3) is 25.7 Å². The van der Waals surface area contributed by atoms with Crippen LogP contribution in [-0.4, -0.2) is 121 Å². The molecular weight excluding hydrogens is 1280 g/mol. The number of nitrogens with zero attached hydrogens (tertiary/aromatic N) is 6. The van der Waals surface area contributed by atoms with Gasteiger partial charge in [-0.25, -0.2) is 50.3 Å². The maximum atomic E-state index is 12.7. The predicted octanol–water partition coefficient (Wildman–Crippen LogP) is 8.86. The van der Waals surface area contributed by atoms with Gasteiger partial charge in [0.15, 0.2) is 6.61 Å². The van der Waals surface area contributed by atoms with Crippen LogP contribution in [0.2, 0.25) is 5.02 Å². The fraction of sp³-hybridized carbons (Fsp3) is 0.234. The normalized spacial score (nSPS) is 11.3. The Morgan fingerprint density at radius 3 is 1.80 bits per heavy atom. The van der Waals surface area contributed by atoms with Crippen LogP contribution in [0.15, 0.2) is 101 Å². The molecule has 0 aliphatic carbocycles. The number of carbonyl (C=O) groups is 5. The number of carboxylic acid groups (broad SMARTS) is 1. The molecule has 88 heavy (non-hydrogen) atoms. The number of nitro groups is 1. The SMILES string of the molecule is CCOC(=O)COC(=O)c1cc(Oc2ccc(C(F)(F)F)cc2Cl)ccc1[N+](=O)[O-].COc1nc(C)nc(NC(=O)NS(=O)(=O)c2ccccc2CCC(F)(F)F)n1.O=C(Nc1nc(OC(F)F)cc(OC(F)F)n1)NS(=O)(=O)c1ccccc1C(=O)O. The zero-order chi connectivity index (χ0) is 65.9. The molecule has 28 nitrogen and oxygen atoms in total. The summed E-state index contributed by atoms with van der Waals surface area (Å²) in [6, 6.07) is 12.4. The number of sulfonamides is 2. The first-order valence-corrected chi connectivity index (χ1v) is 26.7. The van der Waals surface area contributed by atoms with E-state index < -0.39 is 150 Å². The molecule has 0 radical (unpaired) electrons. The van der Waals surface area contributed by atoms with Crippen molar-refractivity contribution in [3.8, 4) is 29.3 Å². The molecule has 474 valence electrons. The number of amides is 4. The van der Waals surface area contributed by atoms with Gasteiger partial charge in [-0.1, -0.05) is 41.9 Å². The fourth-order valence-corrected chi connectivity index (χ4v) is 8.80. The number of carbonyl (C=O) groups excluding carboxylic acids is 4. The number of ether oxygens (including phenoxy) is 6. The Morgan fingerprint density at radius 2 is 1.27 bits per heavy atom. The van der Waals surface area contributed by atoms with Crippen molar-refractivity contribution < 1.29 is 123 Å². The van der Waals surface area contributed by atoms with Gasteiger partial charge in [-0.3, -0.25) is 20.7 Å². The Hall–Kier alpha value is -9.99. The minimum absolute atomic E-state index is 0.0493. The Balaban J connectivity index is 0.000000283. The number of nitrogens with one attached hydrogen (secondary N) is 4. The number of aromatic nitrogens is 5. The van der Waals surface area contributed by atoms with E-state index >= 15 is 0 Å². The van der Waals surface area contributed by atoms with Crippen molar-refractivity contribution in [2.75, 3.05) is 31.0 Å². The molecule has 6 aromatic rings. The molecule has 0 unspecified atom stereocenters. The maximum Gasteiger partial charge on any atom is 0.416 e. The van der Waals surface area contributed by atoms with Crippen LogP contribution in [0.25, 0.3) is 0 Å². The van der Waals surface area contributed by atoms with Crippen LogP contribution in [-0.2, 0) is 46.9 Å². The number of urea groups is 2. The molecule has 41 heteroatoms. The van der Waals surface area contributed by atoms with Gasteiger partial charge in [-0.05, 0) is 68.3 Å². The highest BCUT2D eigenvalue weighted by Gasteiger charge is 2.32. The summed E-state index contributed by atoms with van der Waals surface area (Å²) in [5.74, 6) is -6.86. The number of esters is 2. The van der Waals surface area contributed by atoms with E-state index in [0.29, 0.717) is 12.1 Å². The number of halogens is 11. The van der Waals surface area contributed by atoms with Crippen LogP contribution < -0.4 is 39.0 Å². The van der Waals surface area contributed by atoms with E-state index in [2.05, 4.69) is 44.4 Å². The Kier molecular flexibility index (Phi) is 24.7. The van der Waals surface area contributed by atoms with Gasteiger partial charge in [0.05, 0.1) is 45.8 Å². The molecular formula is C47H39ClF10N10O18S2. The molecule has 6 rings (SSSR count). The summed E-state index contributed by atoms with van der Waals surface area (Å²) in [6.45, 7) is -4.49. The Labute approximate surface area is 491 Å². The maximum absolute atomic E-state index is 12.7. The van der Waals surface area contributed by atoms with Crippen LogP contribution in [0, 0.1) is 17.0 Å². The van der Waals surface area contributed by atoms with Crippen molar-refractivity contribution in [2.45, 2.75) is 62.1 Å². The summed E-state index contributed by atoms with van der Waals surface area (Å²) in [5, 5.41) is 23.6. The number of aromatic carboxylic acids is 1. The minimum Gasteiger partial charge on any atom is -0.478 e. The van der Waals surface area contributed by atoms with Crippen molar-refractivity contribution in [1.82, 2.24) is 34.4 Å². The quantitative estimate of drug-likeness (QED) is 0.0194. The molecule has 2 aromatic heterocycles. The van der Waals surface area contributed by atoms with Crippen molar-refractivity contribution in [3.05, 3.63) is 134 Å². The zero-order valence-electron chi connectivity index (χ0n) is 44.2. The average molecular weight is 1320 g/mol. The zero-order valence-corrected chi connectivity index (χ0v) is 46.6. The van der Waals surface area contributed by atoms with E-state index in [1.807, 2.05) is 0 Å². The highest BCUT2D eigenvalue weighted by molar-refractivity contribution is 7.90. The molecule has 0 atom stereocenters. The van der Waals surface area contributed by atoms with Crippen molar-refractivity contribution in [3.63, 3.8) is 0 Å². The van der Waals surface area contributed by atoms with Crippen LogP contribution >= 0.6 is 11.6 Å². The highest BCUT2D eigenvalue weighted by atomic mass is 35.5. The molecule has 0 bridgehead atoms. The number of carboxylic acids is 1. The van der Waals surface area contributed by atoms with Crippen molar-refractivity contribution in [1.29, 1.82) is 0 Å². The molecule has 4 aromatic carbocycles. The molecule has 0 aliphatic rings. The second-order valence-corrected chi connectivity index (χ2v) is 19.7. The van der Waals surface area contributed by atoms with Gasteiger partial charge < -0.3 is 33.5 Å². The average Bonchev–Trinajstić information content (AvgIpc) is 1.93. The lowest BCUT2D eigenvalue weighted by molar-refractivity contribution is -0.385. The van der Waals surface area contributed by atoms with E-state index in [9.17, 15) is 94.8 Å². The number of benzene rings is 4. The van der Waals surface area contributed by atoms with Crippen LogP contribution in [0.1, 0.15) is 51.0 Å². The third-order valence-corrected chi connectivity index (χ3v) is 12.9. The van der Waals surface area contributed by atoms with Gasteiger partial charge in [0.2, 0.25) is 23.7 Å². The van der Waals surface area contributed by atoms with E-state index in [0.717, 1.165) is 48.5 Å². The number of aryl methyl sites for hydroxylation is 2. The molecule has 0 saturated heterocycles. The number of rotatable bonds is 21. The van der Waals surface area contributed by atoms with E-state index in [-0.39, 0.29) is 46.5 Å². The smallest absolute Gasteiger partial charge is 0.416 e. The largest absolute Gasteiger partial charge is 0.478 e. The molecule has 0 fully saturated rings. The Bertz CT molecular complexity index is 3740. The minimum atomic E-state index is -4.71. The van der Waals surface area contributed by atoms with Gasteiger partial charge in [0.1, 0.15) is 27.8 Å². The lowest BCUT2D eigenvalue weighted by atomic mass is 10.1. The molecule has 4 amide bonds. The van der Waals surface area contributed by atoms with Gasteiger partial charge in [-0.2, -0.15) is 68.8 Å². The number of alkyl halides is 10. The van der Waals surface area contributed by atoms with Gasteiger partial charge >= 0.3 is 61.6 Å². The van der Waals surface area contributed by atoms with Crippen molar-refractivity contribution in [2.24, 2.45) is 0 Å². The number of hydrogen-bond donors (Lipinski definition) is 5. The second kappa shape index (κ2) is 30.9. The molecule has 0 aliphatic heterocycles. The number of anilines is 2. The van der Waals surface area contributed by atoms with Crippen molar-refractivity contribution >= 4 is 79.2 Å². The fourth-order valence-electron chi connectivity index (χ4n) is 6.30. The topological polar surface area (TPSA) is 385 Å². The van der Waals surface area contributed by atoms with E-state index in [1.54, 1.807) is 10.0 Å². The van der Waals surface area contributed by atoms with Gasteiger partial charge in [-0.15, -0.1) is 0 Å². The molecule has 5 N–H and O–H groups in total. The molecule has 0 spiro atoms. The lowest BCUT2D eigenvalue weighted by Crippen LogP contribution is -2.35. The van der Waals surface area contributed by atoms with E-state index in [4.69, 9.17) is 30.9 Å². The summed E-state index contributed by atoms with van der Waals surface area (Å²) in [5.41, 5.74) is -2.88. The molecule has 2 heterocycles. The number of nitro benzene ring substituents is 1. The summed E-state index contributed by atoms with van der Waals surface area (Å²) in [4.78, 5) is 85.5. The predicted molar refractivity (Wildman–Crippen MR) is 276 cm³/mol. The van der Waals surface area contributed by atoms with E-state index in [1.165, 1.54) is 56.0 Å². The summed E-state index contributed by atoms with van der Waals surface area (Å²) in [6.07, 6.45) is -10.8. The standard InChI is InChI=1S/C18H13ClF3NO7.C15H16F3N5O4S.C14H10F4N4O7S/c1-2-28-16(24)9-29-17(25)12-8-11(4-5-14(12)23(26)27)30-15-6-3-10(7-13(15)19)18(20,21)22;1-9-19-12(22-14(20-9)27-2)21-13(24)23-28(25,26)11-6-4-3-5-10(11)7-8-15(16,17)18;15-11(16)28-8-5-9(29-12(17)18)20-13(19-8)21-14(25)22-30(26,27)7-4-2-1-3-6(7)10(23)24/h3-8H,2,9H2,1H3;3-6H,7-8H2,1-2H3,(H2,19,20,21,22,23,24);1-5,11-12H,(H,23,24)(H2,19,20,21,22,25). The summed E-state index contributed by atoms with van der Waals surface area (Å²) < 4.78 is 205. The third-order valence-electron chi connectivity index (χ3n) is 9.76. The summed E-state index contributed by atoms with van der Waals surface area (Å²) in [7, 11) is -7.86. The Morgan fingerprint density at radius 1 is 0.716 bits per heavy atom. The number of hydrogen-bond acceptors (Lipinski definition) is 22. The lowest BCUT2D eigenvalue weighted by Gasteiger charge is -2.13. The first-order chi connectivity index (χ1) is 41.0. The van der Waals surface area contributed by atoms with Crippen LogP contribution in [0.5, 0.6) is 29.3 Å². The van der Waals surface area contributed by atoms with Gasteiger partial charge in [0, 0.05) is 18.6 Å². The summed E-state index contributed by atoms with van der Waals surface area (Å²) >= 11 is 5.81. The first-order valence-electron chi connectivity index (χ1n) is 23.4. The first kappa shape index (κ1) is 70.5. The second-order valence-electron chi connectivity index (χ2n) is 16.0. The third kappa shape index (κ3) is 22.5. The highest BCUT2D eigenvalue weighted by Crippen LogP contribution is 2.37. The number of methoxy groups -OCH3 is 1.